The van der Waals surface area contributed by atoms with E-state index >= 15 is 0 Å². The lowest BCUT2D eigenvalue weighted by atomic mass is 10.1. The van der Waals surface area contributed by atoms with Gasteiger partial charge in [0.05, 0.1) is 12.1 Å². The van der Waals surface area contributed by atoms with Crippen LogP contribution in [-0.4, -0.2) is 42.7 Å². The summed E-state index contributed by atoms with van der Waals surface area (Å²) in [5.74, 6) is 0.172. The molecule has 0 aliphatic carbocycles. The second kappa shape index (κ2) is 8.26. The topological polar surface area (TPSA) is 86.8 Å². The standard InChI is InChI=1S/C19H19ClN2O5/c1-11-7-12(2)22-18(20)17(11)19(24)26-10-16(23)21-8-13-9-25-14-5-3-4-6-15(14)27-13/h3-7,13H,8-10H2,1-2H3,(H,21,23)/t13-/m1/s1. The van der Waals surface area contributed by atoms with Crippen molar-refractivity contribution >= 4 is 23.5 Å². The van der Waals surface area contributed by atoms with Gasteiger partial charge in [0.1, 0.15) is 17.9 Å². The van der Waals surface area contributed by atoms with E-state index in [0.717, 1.165) is 0 Å². The summed E-state index contributed by atoms with van der Waals surface area (Å²) in [6, 6.07) is 9.04. The van der Waals surface area contributed by atoms with Gasteiger partial charge in [-0.2, -0.15) is 0 Å². The van der Waals surface area contributed by atoms with Gasteiger partial charge in [-0.1, -0.05) is 23.7 Å². The Balaban J connectivity index is 1.47. The Morgan fingerprint density at radius 1 is 1.30 bits per heavy atom. The first-order valence-corrected chi connectivity index (χ1v) is 8.78. The number of esters is 1. The van der Waals surface area contributed by atoms with Crippen LogP contribution >= 0.6 is 11.6 Å². The molecule has 0 fully saturated rings. The first-order valence-electron chi connectivity index (χ1n) is 8.40. The summed E-state index contributed by atoms with van der Waals surface area (Å²) in [4.78, 5) is 28.2. The molecule has 7 nitrogen and oxygen atoms in total. The average Bonchev–Trinajstić information content (AvgIpc) is 2.63. The minimum absolute atomic E-state index is 0.0596. The molecule has 27 heavy (non-hydrogen) atoms. The fraction of sp³-hybridized carbons (Fsp3) is 0.316. The largest absolute Gasteiger partial charge is 0.486 e. The number of pyridine rings is 1. The molecule has 2 heterocycles. The maximum absolute atomic E-state index is 12.2. The van der Waals surface area contributed by atoms with E-state index < -0.39 is 18.5 Å². The number of ether oxygens (including phenoxy) is 3. The summed E-state index contributed by atoms with van der Waals surface area (Å²) in [6.45, 7) is 3.64. The number of fused-ring (bicyclic) bond motifs is 1. The molecule has 1 aliphatic rings. The average molecular weight is 391 g/mol. The Kier molecular flexibility index (Phi) is 5.81. The van der Waals surface area contributed by atoms with Gasteiger partial charge in [0.15, 0.2) is 18.1 Å². The fourth-order valence-electron chi connectivity index (χ4n) is 2.68. The van der Waals surface area contributed by atoms with Gasteiger partial charge in [-0.15, -0.1) is 0 Å². The van der Waals surface area contributed by atoms with Crippen LogP contribution in [0.1, 0.15) is 21.6 Å². The highest BCUT2D eigenvalue weighted by molar-refractivity contribution is 6.32. The summed E-state index contributed by atoms with van der Waals surface area (Å²) in [7, 11) is 0. The van der Waals surface area contributed by atoms with Crippen LogP contribution < -0.4 is 14.8 Å². The minimum atomic E-state index is -0.689. The van der Waals surface area contributed by atoms with Crippen molar-refractivity contribution in [1.82, 2.24) is 10.3 Å². The molecule has 8 heteroatoms. The quantitative estimate of drug-likeness (QED) is 0.623. The number of rotatable bonds is 5. The lowest BCUT2D eigenvalue weighted by Gasteiger charge is -2.26. The maximum Gasteiger partial charge on any atom is 0.342 e. The molecular formula is C19H19ClN2O5. The number of hydrogen-bond acceptors (Lipinski definition) is 6. The summed E-state index contributed by atoms with van der Waals surface area (Å²) < 4.78 is 16.4. The first kappa shape index (κ1) is 19.0. The lowest BCUT2D eigenvalue weighted by molar-refractivity contribution is -0.124. The van der Waals surface area contributed by atoms with E-state index in [9.17, 15) is 9.59 Å². The number of carbonyl (C=O) groups excluding carboxylic acids is 2. The predicted octanol–water partition coefficient (Wildman–Crippen LogP) is 2.46. The fourth-order valence-corrected chi connectivity index (χ4v) is 3.04. The smallest absolute Gasteiger partial charge is 0.342 e. The molecule has 1 aromatic heterocycles. The number of hydrogen-bond donors (Lipinski definition) is 1. The third kappa shape index (κ3) is 4.68. The van der Waals surface area contributed by atoms with Crippen molar-refractivity contribution in [3.05, 3.63) is 52.3 Å². The van der Waals surface area contributed by atoms with Crippen LogP contribution in [-0.2, 0) is 9.53 Å². The number of nitrogens with one attached hydrogen (secondary N) is 1. The number of benzene rings is 1. The Morgan fingerprint density at radius 3 is 2.78 bits per heavy atom. The monoisotopic (exact) mass is 390 g/mol. The normalized spacial score (nSPS) is 15.1. The van der Waals surface area contributed by atoms with Crippen LogP contribution in [0.3, 0.4) is 0 Å². The van der Waals surface area contributed by atoms with Crippen LogP contribution in [0.4, 0.5) is 0 Å². The van der Waals surface area contributed by atoms with Crippen LogP contribution in [0.5, 0.6) is 11.5 Å². The van der Waals surface area contributed by atoms with Gasteiger partial charge in [-0.05, 0) is 37.6 Å². The lowest BCUT2D eigenvalue weighted by Crippen LogP contribution is -2.42. The van der Waals surface area contributed by atoms with E-state index in [4.69, 9.17) is 25.8 Å². The molecule has 2 aromatic rings. The highest BCUT2D eigenvalue weighted by atomic mass is 35.5. The van der Waals surface area contributed by atoms with Crippen LogP contribution in [0.15, 0.2) is 30.3 Å². The molecule has 1 aliphatic heterocycles. The Morgan fingerprint density at radius 2 is 2.04 bits per heavy atom. The molecule has 0 radical (unpaired) electrons. The van der Waals surface area contributed by atoms with E-state index in [2.05, 4.69) is 10.3 Å². The van der Waals surface area contributed by atoms with Gasteiger partial charge < -0.3 is 19.5 Å². The van der Waals surface area contributed by atoms with Crippen molar-refractivity contribution < 1.29 is 23.8 Å². The molecular weight excluding hydrogens is 372 g/mol. The molecule has 1 N–H and O–H groups in total. The molecule has 1 aromatic carbocycles. The number of aryl methyl sites for hydroxylation is 2. The highest BCUT2D eigenvalue weighted by Crippen LogP contribution is 2.30. The number of aromatic nitrogens is 1. The van der Waals surface area contributed by atoms with Crippen molar-refractivity contribution in [3.8, 4) is 11.5 Å². The van der Waals surface area contributed by atoms with Crippen molar-refractivity contribution in [3.63, 3.8) is 0 Å². The number of nitrogens with zero attached hydrogens (tertiary/aromatic N) is 1. The van der Waals surface area contributed by atoms with Crippen LogP contribution in [0.25, 0.3) is 0 Å². The number of halogens is 1. The number of para-hydroxylation sites is 2. The highest BCUT2D eigenvalue weighted by Gasteiger charge is 2.22. The molecule has 3 rings (SSSR count). The van der Waals surface area contributed by atoms with E-state index in [1.807, 2.05) is 18.2 Å². The van der Waals surface area contributed by atoms with Crippen LogP contribution in [0.2, 0.25) is 5.15 Å². The summed E-state index contributed by atoms with van der Waals surface area (Å²) >= 11 is 6.01. The Bertz CT molecular complexity index is 848. The number of amides is 1. The number of carbonyl (C=O) groups is 2. The van der Waals surface area contributed by atoms with Gasteiger partial charge >= 0.3 is 5.97 Å². The molecule has 142 valence electrons. The van der Waals surface area contributed by atoms with E-state index in [1.165, 1.54) is 0 Å². The third-order valence-electron chi connectivity index (χ3n) is 3.93. The third-order valence-corrected chi connectivity index (χ3v) is 4.21. The van der Waals surface area contributed by atoms with Gasteiger partial charge in [0, 0.05) is 5.69 Å². The second-order valence-electron chi connectivity index (χ2n) is 6.12. The molecule has 0 saturated carbocycles. The molecule has 0 saturated heterocycles. The van der Waals surface area contributed by atoms with E-state index in [-0.39, 0.29) is 23.4 Å². The van der Waals surface area contributed by atoms with Gasteiger partial charge in [-0.25, -0.2) is 9.78 Å². The zero-order valence-electron chi connectivity index (χ0n) is 15.0. The second-order valence-corrected chi connectivity index (χ2v) is 6.48. The summed E-state index contributed by atoms with van der Waals surface area (Å²) in [5.41, 5.74) is 1.50. The first-order chi connectivity index (χ1) is 12.9. The van der Waals surface area contributed by atoms with E-state index in [1.54, 1.807) is 26.0 Å². The Labute approximate surface area is 161 Å². The van der Waals surface area contributed by atoms with Crippen LogP contribution in [0, 0.1) is 13.8 Å². The molecule has 1 amide bonds. The van der Waals surface area contributed by atoms with E-state index in [0.29, 0.717) is 29.4 Å². The summed E-state index contributed by atoms with van der Waals surface area (Å²) in [6.07, 6.45) is -0.322. The zero-order valence-corrected chi connectivity index (χ0v) is 15.7. The van der Waals surface area contributed by atoms with Crippen molar-refractivity contribution in [2.75, 3.05) is 19.8 Å². The van der Waals surface area contributed by atoms with Crippen molar-refractivity contribution in [2.24, 2.45) is 0 Å². The van der Waals surface area contributed by atoms with Gasteiger partial charge in [-0.3, -0.25) is 4.79 Å². The van der Waals surface area contributed by atoms with Crippen molar-refractivity contribution in [2.45, 2.75) is 20.0 Å². The van der Waals surface area contributed by atoms with Gasteiger partial charge in [0.2, 0.25) is 0 Å². The van der Waals surface area contributed by atoms with Gasteiger partial charge in [0.25, 0.3) is 5.91 Å². The zero-order chi connectivity index (χ0) is 19.4. The maximum atomic E-state index is 12.2. The molecule has 0 spiro atoms. The minimum Gasteiger partial charge on any atom is -0.486 e. The van der Waals surface area contributed by atoms with Crippen molar-refractivity contribution in [1.29, 1.82) is 0 Å². The predicted molar refractivity (Wildman–Crippen MR) is 98.4 cm³/mol. The molecule has 0 bridgehead atoms. The SMILES string of the molecule is Cc1cc(C)c(C(=O)OCC(=O)NC[C@@H]2COc3ccccc3O2)c(Cl)n1. The molecule has 1 atom stereocenters. The molecule has 0 unspecified atom stereocenters. The Hall–Kier alpha value is -2.80. The summed E-state index contributed by atoms with van der Waals surface area (Å²) in [5, 5.41) is 2.72.